The molecule has 0 saturated carbocycles. The number of carbonyl (C=O) groups is 1. The van der Waals surface area contributed by atoms with Gasteiger partial charge in [-0.15, -0.1) is 0 Å². The molecular formula is C11H12INO2. The number of nitrogens with zero attached hydrogens (tertiary/aromatic N) is 1. The third kappa shape index (κ3) is 2.01. The summed E-state index contributed by atoms with van der Waals surface area (Å²) >= 11 is 2.26. The Morgan fingerprint density at radius 1 is 1.47 bits per heavy atom. The van der Waals surface area contributed by atoms with Gasteiger partial charge in [0.2, 0.25) is 0 Å². The number of anilines is 1. The van der Waals surface area contributed by atoms with E-state index in [1.54, 1.807) is 6.92 Å². The van der Waals surface area contributed by atoms with Crippen LogP contribution < -0.4 is 4.90 Å². The molecule has 1 aromatic rings. The molecule has 0 N–H and O–H groups in total. The predicted molar refractivity (Wildman–Crippen MR) is 66.9 cm³/mol. The van der Waals surface area contributed by atoms with Gasteiger partial charge >= 0.3 is 0 Å². The Bertz CT molecular complexity index is 365. The highest BCUT2D eigenvalue weighted by Gasteiger charge is 2.37. The summed E-state index contributed by atoms with van der Waals surface area (Å²) in [5.74, 6) is 0. The zero-order valence-electron chi connectivity index (χ0n) is 8.44. The molecule has 3 nitrogen and oxygen atoms in total. The molecule has 0 aromatic heterocycles. The molecule has 0 amide bonds. The van der Waals surface area contributed by atoms with Crippen LogP contribution in [0.5, 0.6) is 0 Å². The molecule has 1 atom stereocenters. The first-order chi connectivity index (χ1) is 7.15. The fourth-order valence-corrected chi connectivity index (χ4v) is 2.11. The lowest BCUT2D eigenvalue weighted by Crippen LogP contribution is -2.43. The molecule has 1 fully saturated rings. The minimum atomic E-state index is -0.799. The normalized spacial score (nSPS) is 25.6. The Balaban J connectivity index is 2.30. The zero-order chi connectivity index (χ0) is 10.9. The first-order valence-electron chi connectivity index (χ1n) is 4.79. The molecule has 1 aliphatic heterocycles. The lowest BCUT2D eigenvalue weighted by Gasteiger charge is -2.30. The van der Waals surface area contributed by atoms with Crippen molar-refractivity contribution in [2.75, 3.05) is 18.1 Å². The van der Waals surface area contributed by atoms with Crippen LogP contribution in [0.25, 0.3) is 0 Å². The molecule has 1 saturated heterocycles. The summed E-state index contributed by atoms with van der Waals surface area (Å²) in [6.07, 6.45) is 0.859. The molecule has 1 heterocycles. The lowest BCUT2D eigenvalue weighted by atomic mass is 10.2. The van der Waals surface area contributed by atoms with Gasteiger partial charge in [-0.05, 0) is 53.8 Å². The van der Waals surface area contributed by atoms with Gasteiger partial charge in [-0.2, -0.15) is 0 Å². The smallest absolute Gasteiger partial charge is 0.194 e. The second kappa shape index (κ2) is 4.09. The Hall–Kier alpha value is -0.620. The number of carbonyl (C=O) groups excluding carboxylic acids is 1. The van der Waals surface area contributed by atoms with Crippen LogP contribution >= 0.6 is 22.6 Å². The first-order valence-corrected chi connectivity index (χ1v) is 5.87. The average Bonchev–Trinajstić information content (AvgIpc) is 2.63. The topological polar surface area (TPSA) is 29.5 Å². The van der Waals surface area contributed by atoms with Crippen LogP contribution in [-0.2, 0) is 9.53 Å². The van der Waals surface area contributed by atoms with Crippen LogP contribution in [0.2, 0.25) is 0 Å². The molecule has 15 heavy (non-hydrogen) atoms. The van der Waals surface area contributed by atoms with Gasteiger partial charge in [0.25, 0.3) is 0 Å². The number of rotatable bonds is 2. The standard InChI is InChI=1S/C11H12INO2/c1-11(8-14)13(6-7-15-11)10-4-2-9(12)3-5-10/h2-5,8H,6-7H2,1H3. The largest absolute Gasteiger partial charge is 0.347 e. The maximum Gasteiger partial charge on any atom is 0.194 e. The van der Waals surface area contributed by atoms with Crippen molar-refractivity contribution in [2.24, 2.45) is 0 Å². The van der Waals surface area contributed by atoms with Crippen LogP contribution in [-0.4, -0.2) is 25.2 Å². The minimum Gasteiger partial charge on any atom is -0.347 e. The molecular weight excluding hydrogens is 305 g/mol. The molecule has 0 radical (unpaired) electrons. The fourth-order valence-electron chi connectivity index (χ4n) is 1.75. The molecule has 1 aliphatic rings. The Labute approximate surface area is 103 Å². The van der Waals surface area contributed by atoms with E-state index in [2.05, 4.69) is 22.6 Å². The summed E-state index contributed by atoms with van der Waals surface area (Å²) in [5.41, 5.74) is 0.231. The zero-order valence-corrected chi connectivity index (χ0v) is 10.6. The molecule has 1 aromatic carbocycles. The van der Waals surface area contributed by atoms with Gasteiger partial charge in [0.1, 0.15) is 0 Å². The Morgan fingerprint density at radius 3 is 2.73 bits per heavy atom. The highest BCUT2D eigenvalue weighted by molar-refractivity contribution is 14.1. The lowest BCUT2D eigenvalue weighted by molar-refractivity contribution is -0.123. The van der Waals surface area contributed by atoms with Gasteiger partial charge in [0.05, 0.1) is 6.61 Å². The van der Waals surface area contributed by atoms with E-state index in [1.807, 2.05) is 29.2 Å². The second-order valence-electron chi connectivity index (χ2n) is 3.65. The number of halogens is 1. The molecule has 1 unspecified atom stereocenters. The maximum atomic E-state index is 11.0. The highest BCUT2D eigenvalue weighted by Crippen LogP contribution is 2.28. The van der Waals surface area contributed by atoms with Gasteiger partial charge in [-0.3, -0.25) is 4.79 Å². The fraction of sp³-hybridized carbons (Fsp3) is 0.364. The van der Waals surface area contributed by atoms with Crippen molar-refractivity contribution in [1.82, 2.24) is 0 Å². The molecule has 80 valence electrons. The van der Waals surface area contributed by atoms with E-state index >= 15 is 0 Å². The SMILES string of the molecule is CC1(C=O)OCCN1c1ccc(I)cc1. The van der Waals surface area contributed by atoms with Gasteiger partial charge in [-0.25, -0.2) is 0 Å². The highest BCUT2D eigenvalue weighted by atomic mass is 127. The van der Waals surface area contributed by atoms with Crippen molar-refractivity contribution in [2.45, 2.75) is 12.6 Å². The van der Waals surface area contributed by atoms with Gasteiger partial charge in [0, 0.05) is 15.8 Å². The number of hydrogen-bond donors (Lipinski definition) is 0. The van der Waals surface area contributed by atoms with Gasteiger partial charge in [0.15, 0.2) is 12.0 Å². The number of ether oxygens (including phenoxy) is 1. The van der Waals surface area contributed by atoms with Crippen molar-refractivity contribution in [1.29, 1.82) is 0 Å². The van der Waals surface area contributed by atoms with Gasteiger partial charge in [-0.1, -0.05) is 0 Å². The van der Waals surface area contributed by atoms with Crippen LogP contribution in [0.1, 0.15) is 6.92 Å². The summed E-state index contributed by atoms with van der Waals surface area (Å²) in [7, 11) is 0. The van der Waals surface area contributed by atoms with Crippen molar-refractivity contribution in [3.8, 4) is 0 Å². The summed E-state index contributed by atoms with van der Waals surface area (Å²) < 4.78 is 6.63. The van der Waals surface area contributed by atoms with Crippen LogP contribution in [0.4, 0.5) is 5.69 Å². The third-order valence-electron chi connectivity index (χ3n) is 2.60. The van der Waals surface area contributed by atoms with E-state index in [9.17, 15) is 4.79 Å². The van der Waals surface area contributed by atoms with E-state index in [-0.39, 0.29) is 0 Å². The summed E-state index contributed by atoms with van der Waals surface area (Å²) in [4.78, 5) is 13.0. The van der Waals surface area contributed by atoms with Crippen LogP contribution in [0.15, 0.2) is 24.3 Å². The molecule has 2 rings (SSSR count). The van der Waals surface area contributed by atoms with E-state index in [1.165, 1.54) is 3.57 Å². The summed E-state index contributed by atoms with van der Waals surface area (Å²) in [6.45, 7) is 3.15. The number of benzene rings is 1. The quantitative estimate of drug-likeness (QED) is 0.618. The van der Waals surface area contributed by atoms with E-state index in [0.29, 0.717) is 6.61 Å². The predicted octanol–water partition coefficient (Wildman–Crippen LogP) is 2.04. The molecule has 0 spiro atoms. The summed E-state index contributed by atoms with van der Waals surface area (Å²) in [5, 5.41) is 0. The van der Waals surface area contributed by atoms with E-state index < -0.39 is 5.72 Å². The van der Waals surface area contributed by atoms with Crippen molar-refractivity contribution >= 4 is 34.6 Å². The number of hydrogen-bond acceptors (Lipinski definition) is 3. The van der Waals surface area contributed by atoms with Gasteiger partial charge < -0.3 is 9.64 Å². The summed E-state index contributed by atoms with van der Waals surface area (Å²) in [6, 6.07) is 8.08. The Morgan fingerprint density at radius 2 is 2.13 bits per heavy atom. The van der Waals surface area contributed by atoms with Crippen molar-refractivity contribution < 1.29 is 9.53 Å². The third-order valence-corrected chi connectivity index (χ3v) is 3.32. The van der Waals surface area contributed by atoms with Crippen LogP contribution in [0.3, 0.4) is 0 Å². The monoisotopic (exact) mass is 317 g/mol. The minimum absolute atomic E-state index is 0.598. The Kier molecular flexibility index (Phi) is 2.97. The number of aldehydes is 1. The first kappa shape index (κ1) is 10.9. The van der Waals surface area contributed by atoms with Crippen LogP contribution in [0, 0.1) is 3.57 Å². The van der Waals surface area contributed by atoms with Crippen molar-refractivity contribution in [3.63, 3.8) is 0 Å². The average molecular weight is 317 g/mol. The molecule has 0 aliphatic carbocycles. The van der Waals surface area contributed by atoms with E-state index in [0.717, 1.165) is 18.5 Å². The molecule has 0 bridgehead atoms. The maximum absolute atomic E-state index is 11.0. The van der Waals surface area contributed by atoms with E-state index in [4.69, 9.17) is 4.74 Å². The second-order valence-corrected chi connectivity index (χ2v) is 4.89. The molecule has 4 heteroatoms. The van der Waals surface area contributed by atoms with Crippen molar-refractivity contribution in [3.05, 3.63) is 27.8 Å².